The molecular formula is C22H21N3O4. The number of anilines is 1. The first-order valence-electron chi connectivity index (χ1n) is 9.17. The van der Waals surface area contributed by atoms with Crippen LogP contribution in [0.2, 0.25) is 0 Å². The molecule has 148 valence electrons. The summed E-state index contributed by atoms with van der Waals surface area (Å²) < 4.78 is 14.3. The molecule has 0 bridgehead atoms. The largest absolute Gasteiger partial charge is 0.451 e. The van der Waals surface area contributed by atoms with Crippen LogP contribution in [-0.4, -0.2) is 22.4 Å². The maximum Gasteiger partial charge on any atom is 0.295 e. The number of hydrogen-bond acceptors (Lipinski definition) is 4. The summed E-state index contributed by atoms with van der Waals surface area (Å²) in [6.45, 7) is 2.01. The fourth-order valence-corrected chi connectivity index (χ4v) is 3.45. The van der Waals surface area contributed by atoms with E-state index in [-0.39, 0.29) is 23.6 Å². The second-order valence-corrected chi connectivity index (χ2v) is 6.73. The molecule has 29 heavy (non-hydrogen) atoms. The van der Waals surface area contributed by atoms with Crippen molar-refractivity contribution in [1.82, 2.24) is 9.36 Å². The molecule has 0 radical (unpaired) electrons. The van der Waals surface area contributed by atoms with Gasteiger partial charge in [0.25, 0.3) is 11.5 Å². The van der Waals surface area contributed by atoms with E-state index in [2.05, 4.69) is 5.32 Å². The number of carbonyl (C=O) groups is 1. The lowest BCUT2D eigenvalue weighted by molar-refractivity contribution is 0.0992. The number of aromatic nitrogens is 2. The molecule has 1 amide bonds. The Morgan fingerprint density at radius 1 is 1.10 bits per heavy atom. The van der Waals surface area contributed by atoms with E-state index in [0.29, 0.717) is 22.5 Å². The molecule has 0 aliphatic rings. The number of fused-ring (bicyclic) bond motifs is 1. The molecular weight excluding hydrogens is 370 g/mol. The smallest absolute Gasteiger partial charge is 0.295 e. The Kier molecular flexibility index (Phi) is 4.82. The van der Waals surface area contributed by atoms with Gasteiger partial charge in [0.2, 0.25) is 0 Å². The van der Waals surface area contributed by atoms with Crippen LogP contribution in [0.15, 0.2) is 63.8 Å². The predicted octanol–water partition coefficient (Wildman–Crippen LogP) is 3.63. The Bertz CT molecular complexity index is 1250. The zero-order valence-electron chi connectivity index (χ0n) is 16.4. The van der Waals surface area contributed by atoms with Crippen LogP contribution in [0.1, 0.15) is 21.8 Å². The van der Waals surface area contributed by atoms with Crippen LogP contribution in [0, 0.1) is 6.92 Å². The molecule has 0 spiro atoms. The van der Waals surface area contributed by atoms with E-state index < -0.39 is 5.91 Å². The van der Waals surface area contributed by atoms with Crippen molar-refractivity contribution >= 4 is 22.6 Å². The van der Waals surface area contributed by atoms with E-state index in [4.69, 9.17) is 9.15 Å². The molecule has 7 nitrogen and oxygen atoms in total. The first kappa shape index (κ1) is 18.8. The van der Waals surface area contributed by atoms with Crippen molar-refractivity contribution in [2.24, 2.45) is 7.05 Å². The third-order valence-corrected chi connectivity index (χ3v) is 4.99. The highest BCUT2D eigenvalue weighted by Gasteiger charge is 2.24. The van der Waals surface area contributed by atoms with Gasteiger partial charge in [0.05, 0.1) is 18.0 Å². The van der Waals surface area contributed by atoms with Crippen molar-refractivity contribution in [2.75, 3.05) is 12.4 Å². The van der Waals surface area contributed by atoms with Crippen molar-refractivity contribution in [3.05, 3.63) is 82.0 Å². The topological polar surface area (TPSA) is 78.4 Å². The SMILES string of the molecule is COCc1c(C(=O)Nc2c(C)n(C)n(-c3ccccc3)c2=O)oc2ccccc12. The van der Waals surface area contributed by atoms with Gasteiger partial charge in [0, 0.05) is 25.1 Å². The Balaban J connectivity index is 1.76. The van der Waals surface area contributed by atoms with Gasteiger partial charge in [-0.2, -0.15) is 0 Å². The standard InChI is InChI=1S/C22H21N3O4/c1-14-19(22(27)25(24(14)2)15-9-5-4-6-10-15)23-21(26)20-17(13-28-3)16-11-7-8-12-18(16)29-20/h4-12H,13H2,1-3H3,(H,23,26). The summed E-state index contributed by atoms with van der Waals surface area (Å²) in [6.07, 6.45) is 0. The highest BCUT2D eigenvalue weighted by Crippen LogP contribution is 2.27. The summed E-state index contributed by atoms with van der Waals surface area (Å²) in [5.74, 6) is -0.346. The summed E-state index contributed by atoms with van der Waals surface area (Å²) >= 11 is 0. The Labute approximate surface area is 167 Å². The molecule has 0 saturated heterocycles. The number of carbonyl (C=O) groups excluding carboxylic acids is 1. The molecule has 4 rings (SSSR count). The number of hydrogen-bond donors (Lipinski definition) is 1. The summed E-state index contributed by atoms with van der Waals surface area (Å²) in [5.41, 5.74) is 2.50. The Morgan fingerprint density at radius 2 is 1.79 bits per heavy atom. The minimum Gasteiger partial charge on any atom is -0.451 e. The van der Waals surface area contributed by atoms with E-state index in [1.165, 1.54) is 4.68 Å². The highest BCUT2D eigenvalue weighted by molar-refractivity contribution is 6.06. The predicted molar refractivity (Wildman–Crippen MR) is 111 cm³/mol. The van der Waals surface area contributed by atoms with E-state index in [1.807, 2.05) is 48.5 Å². The van der Waals surface area contributed by atoms with Crippen LogP contribution in [0.25, 0.3) is 16.7 Å². The zero-order chi connectivity index (χ0) is 20.5. The lowest BCUT2D eigenvalue weighted by Crippen LogP contribution is -2.23. The van der Waals surface area contributed by atoms with E-state index in [0.717, 1.165) is 5.39 Å². The van der Waals surface area contributed by atoms with Crippen LogP contribution in [0.5, 0.6) is 0 Å². The van der Waals surface area contributed by atoms with Crippen LogP contribution < -0.4 is 10.9 Å². The fourth-order valence-electron chi connectivity index (χ4n) is 3.45. The molecule has 2 aromatic heterocycles. The molecule has 2 heterocycles. The van der Waals surface area contributed by atoms with Crippen molar-refractivity contribution in [3.63, 3.8) is 0 Å². The van der Waals surface area contributed by atoms with E-state index >= 15 is 0 Å². The summed E-state index contributed by atoms with van der Waals surface area (Å²) in [7, 11) is 3.33. The van der Waals surface area contributed by atoms with Gasteiger partial charge >= 0.3 is 0 Å². The minimum atomic E-state index is -0.487. The van der Waals surface area contributed by atoms with Gasteiger partial charge in [-0.25, -0.2) is 4.68 Å². The molecule has 0 fully saturated rings. The Morgan fingerprint density at radius 3 is 2.52 bits per heavy atom. The van der Waals surface area contributed by atoms with Crippen molar-refractivity contribution in [1.29, 1.82) is 0 Å². The number of benzene rings is 2. The van der Waals surface area contributed by atoms with Crippen LogP contribution >= 0.6 is 0 Å². The van der Waals surface area contributed by atoms with Gasteiger partial charge in [0.1, 0.15) is 11.3 Å². The molecule has 0 atom stereocenters. The maximum atomic E-state index is 13.0. The lowest BCUT2D eigenvalue weighted by atomic mass is 10.1. The number of furan rings is 1. The highest BCUT2D eigenvalue weighted by atomic mass is 16.5. The quantitative estimate of drug-likeness (QED) is 0.564. The normalized spacial score (nSPS) is 11.1. The molecule has 2 aromatic carbocycles. The molecule has 0 aliphatic carbocycles. The second-order valence-electron chi connectivity index (χ2n) is 6.73. The fraction of sp³-hybridized carbons (Fsp3) is 0.182. The summed E-state index contributed by atoms with van der Waals surface area (Å²) in [5, 5.41) is 3.55. The van der Waals surface area contributed by atoms with Gasteiger partial charge in [0.15, 0.2) is 5.76 Å². The second kappa shape index (κ2) is 7.44. The zero-order valence-corrected chi connectivity index (χ0v) is 16.4. The van der Waals surface area contributed by atoms with E-state index in [1.54, 1.807) is 31.8 Å². The average Bonchev–Trinajstić information content (AvgIpc) is 3.20. The number of para-hydroxylation sites is 2. The number of methoxy groups -OCH3 is 1. The van der Waals surface area contributed by atoms with Gasteiger partial charge in [-0.05, 0) is 25.1 Å². The number of amides is 1. The van der Waals surface area contributed by atoms with Crippen LogP contribution in [0.4, 0.5) is 5.69 Å². The summed E-state index contributed by atoms with van der Waals surface area (Å²) in [4.78, 5) is 26.1. The van der Waals surface area contributed by atoms with Crippen molar-refractivity contribution < 1.29 is 13.9 Å². The van der Waals surface area contributed by atoms with Gasteiger partial charge < -0.3 is 14.5 Å². The molecule has 4 aromatic rings. The third-order valence-electron chi connectivity index (χ3n) is 4.99. The van der Waals surface area contributed by atoms with Crippen molar-refractivity contribution in [3.8, 4) is 5.69 Å². The van der Waals surface area contributed by atoms with Crippen LogP contribution in [-0.2, 0) is 18.4 Å². The first-order valence-corrected chi connectivity index (χ1v) is 9.17. The molecule has 0 saturated carbocycles. The molecule has 1 N–H and O–H groups in total. The van der Waals surface area contributed by atoms with Gasteiger partial charge in [-0.1, -0.05) is 36.4 Å². The van der Waals surface area contributed by atoms with Gasteiger partial charge in [-0.15, -0.1) is 0 Å². The molecule has 7 heteroatoms. The average molecular weight is 391 g/mol. The number of rotatable bonds is 5. The number of nitrogens with zero attached hydrogens (tertiary/aromatic N) is 2. The number of ether oxygens (including phenoxy) is 1. The first-order chi connectivity index (χ1) is 14.0. The van der Waals surface area contributed by atoms with Crippen molar-refractivity contribution in [2.45, 2.75) is 13.5 Å². The molecule has 0 aliphatic heterocycles. The number of nitrogens with one attached hydrogen (secondary N) is 1. The molecule has 0 unspecified atom stereocenters. The van der Waals surface area contributed by atoms with Gasteiger partial charge in [-0.3, -0.25) is 14.3 Å². The monoisotopic (exact) mass is 391 g/mol. The minimum absolute atomic E-state index is 0.141. The van der Waals surface area contributed by atoms with Crippen LogP contribution in [0.3, 0.4) is 0 Å². The lowest BCUT2D eigenvalue weighted by Gasteiger charge is -2.07. The maximum absolute atomic E-state index is 13.0. The summed E-state index contributed by atoms with van der Waals surface area (Å²) in [6, 6.07) is 16.6. The van der Waals surface area contributed by atoms with E-state index in [9.17, 15) is 9.59 Å². The Hall–Kier alpha value is -3.58. The third kappa shape index (κ3) is 3.15.